The first-order valence-corrected chi connectivity index (χ1v) is 9.44. The van der Waals surface area contributed by atoms with Gasteiger partial charge >= 0.3 is 0 Å². The fraction of sp³-hybridized carbons (Fsp3) is 0.529. The Balaban J connectivity index is 1.58. The molecule has 1 unspecified atom stereocenters. The maximum absolute atomic E-state index is 12.3. The molecule has 1 aliphatic heterocycles. The Morgan fingerprint density at radius 1 is 1.26 bits per heavy atom. The second-order valence-corrected chi connectivity index (χ2v) is 7.88. The van der Waals surface area contributed by atoms with Gasteiger partial charge in [-0.25, -0.2) is 0 Å². The van der Waals surface area contributed by atoms with Crippen LogP contribution in [0, 0.1) is 0 Å². The molecule has 6 heteroatoms. The SMILES string of the molecule is O=C(CC1Sc2ccc(Cl)cc2NC1=O)NC1CCCCCC1. The van der Waals surface area contributed by atoms with E-state index in [1.807, 2.05) is 6.07 Å². The van der Waals surface area contributed by atoms with Crippen molar-refractivity contribution in [2.75, 3.05) is 5.32 Å². The first-order chi connectivity index (χ1) is 11.1. The summed E-state index contributed by atoms with van der Waals surface area (Å²) in [6, 6.07) is 5.70. The summed E-state index contributed by atoms with van der Waals surface area (Å²) in [6.07, 6.45) is 7.19. The van der Waals surface area contributed by atoms with Crippen molar-refractivity contribution in [3.05, 3.63) is 23.2 Å². The van der Waals surface area contributed by atoms with Gasteiger partial charge in [0.1, 0.15) is 0 Å². The second-order valence-electron chi connectivity index (χ2n) is 6.20. The number of rotatable bonds is 3. The van der Waals surface area contributed by atoms with Gasteiger partial charge in [-0.15, -0.1) is 11.8 Å². The van der Waals surface area contributed by atoms with Crippen LogP contribution in [0.5, 0.6) is 0 Å². The van der Waals surface area contributed by atoms with Crippen molar-refractivity contribution >= 4 is 40.9 Å². The van der Waals surface area contributed by atoms with Crippen LogP contribution in [0.25, 0.3) is 0 Å². The number of benzene rings is 1. The Hall–Kier alpha value is -1.20. The molecule has 1 aromatic carbocycles. The van der Waals surface area contributed by atoms with Gasteiger partial charge in [-0.05, 0) is 31.0 Å². The summed E-state index contributed by atoms with van der Waals surface area (Å²) in [6.45, 7) is 0. The van der Waals surface area contributed by atoms with Gasteiger partial charge in [0, 0.05) is 22.4 Å². The molecule has 1 aliphatic carbocycles. The van der Waals surface area contributed by atoms with E-state index in [1.165, 1.54) is 37.4 Å². The highest BCUT2D eigenvalue weighted by atomic mass is 35.5. The monoisotopic (exact) mass is 352 g/mol. The number of amides is 2. The van der Waals surface area contributed by atoms with Crippen molar-refractivity contribution in [3.63, 3.8) is 0 Å². The maximum Gasteiger partial charge on any atom is 0.238 e. The Morgan fingerprint density at radius 2 is 2.00 bits per heavy atom. The van der Waals surface area contributed by atoms with E-state index in [2.05, 4.69) is 10.6 Å². The highest BCUT2D eigenvalue weighted by Gasteiger charge is 2.29. The number of hydrogen-bond acceptors (Lipinski definition) is 3. The Labute approximate surface area is 145 Å². The van der Waals surface area contributed by atoms with Crippen LogP contribution in [-0.2, 0) is 9.59 Å². The summed E-state index contributed by atoms with van der Waals surface area (Å²) in [5.41, 5.74) is 0.730. The average molecular weight is 353 g/mol. The van der Waals surface area contributed by atoms with Crippen LogP contribution in [0.1, 0.15) is 44.9 Å². The second kappa shape index (κ2) is 7.58. The van der Waals surface area contributed by atoms with Gasteiger partial charge in [0.2, 0.25) is 11.8 Å². The Morgan fingerprint density at radius 3 is 2.74 bits per heavy atom. The molecule has 2 amide bonds. The molecule has 1 saturated carbocycles. The van der Waals surface area contributed by atoms with Crippen LogP contribution in [0.15, 0.2) is 23.1 Å². The number of hydrogen-bond donors (Lipinski definition) is 2. The summed E-state index contributed by atoms with van der Waals surface area (Å²) < 4.78 is 0. The number of carbonyl (C=O) groups is 2. The number of thioether (sulfide) groups is 1. The van der Waals surface area contributed by atoms with E-state index in [-0.39, 0.29) is 29.5 Å². The van der Waals surface area contributed by atoms with Gasteiger partial charge in [0.25, 0.3) is 0 Å². The largest absolute Gasteiger partial charge is 0.353 e. The van der Waals surface area contributed by atoms with Crippen LogP contribution in [-0.4, -0.2) is 23.1 Å². The van der Waals surface area contributed by atoms with E-state index in [4.69, 9.17) is 11.6 Å². The fourth-order valence-corrected chi connectivity index (χ4v) is 4.40. The molecule has 4 nitrogen and oxygen atoms in total. The first kappa shape index (κ1) is 16.7. The predicted molar refractivity (Wildman–Crippen MR) is 94.0 cm³/mol. The molecule has 124 valence electrons. The molecule has 0 aromatic heterocycles. The summed E-state index contributed by atoms with van der Waals surface area (Å²) in [4.78, 5) is 25.4. The summed E-state index contributed by atoms with van der Waals surface area (Å²) in [5, 5.41) is 6.16. The molecule has 1 aromatic rings. The molecule has 2 aliphatic rings. The smallest absolute Gasteiger partial charge is 0.238 e. The van der Waals surface area contributed by atoms with Gasteiger partial charge < -0.3 is 10.6 Å². The van der Waals surface area contributed by atoms with Gasteiger partial charge in [-0.2, -0.15) is 0 Å². The topological polar surface area (TPSA) is 58.2 Å². The number of nitrogens with one attached hydrogen (secondary N) is 2. The summed E-state index contributed by atoms with van der Waals surface area (Å²) in [5.74, 6) is -0.150. The van der Waals surface area contributed by atoms with Crippen molar-refractivity contribution in [3.8, 4) is 0 Å². The normalized spacial score (nSPS) is 22.0. The predicted octanol–water partition coefficient (Wildman–Crippen LogP) is 3.98. The van der Waals surface area contributed by atoms with Crippen molar-refractivity contribution in [2.24, 2.45) is 0 Å². The van der Waals surface area contributed by atoms with Gasteiger partial charge in [-0.3, -0.25) is 9.59 Å². The molecule has 1 heterocycles. The van der Waals surface area contributed by atoms with Gasteiger partial charge in [-0.1, -0.05) is 37.3 Å². The highest BCUT2D eigenvalue weighted by molar-refractivity contribution is 8.01. The van der Waals surface area contributed by atoms with Gasteiger partial charge in [0.15, 0.2) is 0 Å². The van der Waals surface area contributed by atoms with Crippen molar-refractivity contribution in [1.29, 1.82) is 0 Å². The van der Waals surface area contributed by atoms with E-state index < -0.39 is 0 Å². The van der Waals surface area contributed by atoms with Crippen LogP contribution in [0.2, 0.25) is 5.02 Å². The molecule has 0 saturated heterocycles. The van der Waals surface area contributed by atoms with Gasteiger partial charge in [0.05, 0.1) is 10.9 Å². The molecule has 1 atom stereocenters. The first-order valence-electron chi connectivity index (χ1n) is 8.18. The molecule has 0 radical (unpaired) electrons. The number of carbonyl (C=O) groups excluding carboxylic acids is 2. The van der Waals surface area contributed by atoms with Crippen LogP contribution >= 0.6 is 23.4 Å². The zero-order valence-corrected chi connectivity index (χ0v) is 14.5. The molecule has 1 fully saturated rings. The molecule has 2 N–H and O–H groups in total. The summed E-state index contributed by atoms with van der Waals surface area (Å²) in [7, 11) is 0. The van der Waals surface area contributed by atoms with Crippen LogP contribution in [0.3, 0.4) is 0 Å². The molecule has 0 bridgehead atoms. The molecular formula is C17H21ClN2O2S. The molecule has 0 spiro atoms. The van der Waals surface area contributed by atoms with E-state index in [9.17, 15) is 9.59 Å². The lowest BCUT2D eigenvalue weighted by Crippen LogP contribution is -2.39. The lowest BCUT2D eigenvalue weighted by atomic mass is 10.1. The lowest BCUT2D eigenvalue weighted by Gasteiger charge is -2.24. The number of halogens is 1. The van der Waals surface area contributed by atoms with Crippen LogP contribution in [0.4, 0.5) is 5.69 Å². The standard InChI is InChI=1S/C17H21ClN2O2S/c18-11-7-8-14-13(9-11)20-17(22)15(23-14)10-16(21)19-12-5-3-1-2-4-6-12/h7-9,12,15H,1-6,10H2,(H,19,21)(H,20,22). The zero-order valence-electron chi connectivity index (χ0n) is 12.9. The third-order valence-corrected chi connectivity index (χ3v) is 5.86. The number of anilines is 1. The fourth-order valence-electron chi connectivity index (χ4n) is 3.14. The van der Waals surface area contributed by atoms with E-state index in [0.717, 1.165) is 23.4 Å². The van der Waals surface area contributed by atoms with Crippen molar-refractivity contribution < 1.29 is 9.59 Å². The van der Waals surface area contributed by atoms with E-state index in [0.29, 0.717) is 5.02 Å². The van der Waals surface area contributed by atoms with Crippen molar-refractivity contribution in [1.82, 2.24) is 5.32 Å². The molecule has 23 heavy (non-hydrogen) atoms. The maximum atomic E-state index is 12.3. The Kier molecular flexibility index (Phi) is 5.49. The third-order valence-electron chi connectivity index (χ3n) is 4.35. The molecular weight excluding hydrogens is 332 g/mol. The van der Waals surface area contributed by atoms with Crippen LogP contribution < -0.4 is 10.6 Å². The summed E-state index contributed by atoms with van der Waals surface area (Å²) >= 11 is 7.38. The zero-order chi connectivity index (χ0) is 16.2. The number of fused-ring (bicyclic) bond motifs is 1. The lowest BCUT2D eigenvalue weighted by molar-refractivity contribution is -0.124. The van der Waals surface area contributed by atoms with Crippen molar-refractivity contribution in [2.45, 2.75) is 61.1 Å². The highest BCUT2D eigenvalue weighted by Crippen LogP contribution is 2.38. The third kappa shape index (κ3) is 4.42. The minimum atomic E-state index is -0.380. The Bertz CT molecular complexity index is 600. The quantitative estimate of drug-likeness (QED) is 0.809. The van der Waals surface area contributed by atoms with E-state index in [1.54, 1.807) is 12.1 Å². The minimum absolute atomic E-state index is 0.0260. The van der Waals surface area contributed by atoms with E-state index >= 15 is 0 Å². The average Bonchev–Trinajstić information content (AvgIpc) is 2.77. The minimum Gasteiger partial charge on any atom is -0.353 e. The molecule has 3 rings (SSSR count).